The molecule has 0 radical (unpaired) electrons. The zero-order valence-corrected chi connectivity index (χ0v) is 28.2. The molecule has 0 bridgehead atoms. The van der Waals surface area contributed by atoms with Crippen molar-refractivity contribution in [3.63, 3.8) is 0 Å². The van der Waals surface area contributed by atoms with Gasteiger partial charge in [-0.05, 0) is 125 Å². The van der Waals surface area contributed by atoms with Gasteiger partial charge in [0.15, 0.2) is 11.9 Å². The first-order valence-corrected chi connectivity index (χ1v) is 19.9. The van der Waals surface area contributed by atoms with Gasteiger partial charge in [0.1, 0.15) is 12.2 Å². The standard InChI is InChI=1S/C36H55NO4S2/c1-2-3-24-4-6-25(7-5-24)28-16-18-31(19-17-28)41-34(38)32(22-37)36-42-23-33(43-36)29-12-8-26(9-13-29)27-10-14-30(15-11-27)35-39-20-21-40-35/h24-31,33,35H,2-21,23H2,1H3/b36-32-. The second kappa shape index (κ2) is 15.7. The van der Waals surface area contributed by atoms with Crippen molar-refractivity contribution in [3.8, 4) is 6.07 Å². The van der Waals surface area contributed by atoms with E-state index in [-0.39, 0.29) is 23.9 Å². The fraction of sp³-hybridized carbons (Fsp3) is 0.889. The second-order valence-electron chi connectivity index (χ2n) is 14.7. The molecule has 2 aliphatic heterocycles. The van der Waals surface area contributed by atoms with E-state index < -0.39 is 0 Å². The molecule has 43 heavy (non-hydrogen) atoms. The third-order valence-electron chi connectivity index (χ3n) is 12.3. The molecule has 6 fully saturated rings. The molecular formula is C36H55NO4S2. The minimum atomic E-state index is -0.366. The molecule has 2 saturated heterocycles. The Labute approximate surface area is 269 Å². The Kier molecular flexibility index (Phi) is 11.8. The lowest BCUT2D eigenvalue weighted by atomic mass is 9.69. The summed E-state index contributed by atoms with van der Waals surface area (Å²) in [7, 11) is 0. The number of nitriles is 1. The topological polar surface area (TPSA) is 68.6 Å². The van der Waals surface area contributed by atoms with Gasteiger partial charge in [0, 0.05) is 16.9 Å². The number of hydrogen-bond acceptors (Lipinski definition) is 7. The highest BCUT2D eigenvalue weighted by atomic mass is 32.2. The van der Waals surface area contributed by atoms with Crippen LogP contribution in [-0.4, -0.2) is 42.6 Å². The van der Waals surface area contributed by atoms with Crippen molar-refractivity contribution in [2.75, 3.05) is 19.0 Å². The van der Waals surface area contributed by atoms with E-state index in [1.165, 1.54) is 103 Å². The molecule has 6 rings (SSSR count). The molecule has 2 heterocycles. The summed E-state index contributed by atoms with van der Waals surface area (Å²) in [5.41, 5.74) is 0.273. The van der Waals surface area contributed by atoms with E-state index in [0.29, 0.717) is 17.1 Å². The summed E-state index contributed by atoms with van der Waals surface area (Å²) in [4.78, 5) is 13.2. The Balaban J connectivity index is 0.915. The average molecular weight is 630 g/mol. The predicted molar refractivity (Wildman–Crippen MR) is 175 cm³/mol. The van der Waals surface area contributed by atoms with E-state index in [4.69, 9.17) is 14.2 Å². The van der Waals surface area contributed by atoms with Crippen molar-refractivity contribution in [1.82, 2.24) is 0 Å². The largest absolute Gasteiger partial charge is 0.458 e. The van der Waals surface area contributed by atoms with Crippen LogP contribution in [0.3, 0.4) is 0 Å². The maximum Gasteiger partial charge on any atom is 0.350 e. The predicted octanol–water partition coefficient (Wildman–Crippen LogP) is 9.26. The smallest absolute Gasteiger partial charge is 0.350 e. The van der Waals surface area contributed by atoms with Gasteiger partial charge in [-0.25, -0.2) is 4.79 Å². The lowest BCUT2D eigenvalue weighted by Crippen LogP contribution is -2.32. The van der Waals surface area contributed by atoms with Crippen molar-refractivity contribution in [1.29, 1.82) is 5.26 Å². The normalized spacial score (nSPS) is 40.6. The minimum Gasteiger partial charge on any atom is -0.458 e. The molecule has 1 unspecified atom stereocenters. The molecular weight excluding hydrogens is 575 g/mol. The van der Waals surface area contributed by atoms with Crippen LogP contribution >= 0.6 is 23.5 Å². The maximum atomic E-state index is 13.2. The van der Waals surface area contributed by atoms with Crippen molar-refractivity contribution in [2.24, 2.45) is 41.4 Å². The Morgan fingerprint density at radius 2 is 1.28 bits per heavy atom. The number of rotatable bonds is 8. The Bertz CT molecular complexity index is 974. The molecule has 0 aromatic carbocycles. The summed E-state index contributed by atoms with van der Waals surface area (Å²) in [5.74, 6) is 6.33. The van der Waals surface area contributed by atoms with Gasteiger partial charge in [-0.3, -0.25) is 0 Å². The molecule has 5 nitrogen and oxygen atoms in total. The molecule has 0 amide bonds. The first-order chi connectivity index (χ1) is 21.1. The van der Waals surface area contributed by atoms with Gasteiger partial charge in [0.05, 0.1) is 17.5 Å². The highest BCUT2D eigenvalue weighted by molar-refractivity contribution is 8.25. The monoisotopic (exact) mass is 629 g/mol. The zero-order valence-electron chi connectivity index (χ0n) is 26.5. The van der Waals surface area contributed by atoms with Crippen LogP contribution in [0, 0.1) is 52.8 Å². The number of hydrogen-bond donors (Lipinski definition) is 0. The van der Waals surface area contributed by atoms with Crippen molar-refractivity contribution in [3.05, 3.63) is 9.81 Å². The van der Waals surface area contributed by atoms with Gasteiger partial charge < -0.3 is 14.2 Å². The quantitative estimate of drug-likeness (QED) is 0.151. The molecule has 0 N–H and O–H groups in total. The van der Waals surface area contributed by atoms with Crippen LogP contribution in [0.2, 0.25) is 0 Å². The van der Waals surface area contributed by atoms with Gasteiger partial charge in [0.2, 0.25) is 0 Å². The fourth-order valence-electron chi connectivity index (χ4n) is 9.67. The van der Waals surface area contributed by atoms with Crippen molar-refractivity contribution < 1.29 is 19.0 Å². The second-order valence-corrected chi connectivity index (χ2v) is 17.3. The van der Waals surface area contributed by atoms with Gasteiger partial charge in [0.25, 0.3) is 0 Å². The Morgan fingerprint density at radius 1 is 0.767 bits per heavy atom. The van der Waals surface area contributed by atoms with Crippen LogP contribution in [-0.2, 0) is 19.0 Å². The summed E-state index contributed by atoms with van der Waals surface area (Å²) in [6, 6.07) is 2.25. The molecule has 1 atom stereocenters. The van der Waals surface area contributed by atoms with E-state index in [1.807, 2.05) is 0 Å². The van der Waals surface area contributed by atoms with E-state index >= 15 is 0 Å². The fourth-order valence-corrected chi connectivity index (χ4v) is 12.8. The van der Waals surface area contributed by atoms with Gasteiger partial charge >= 0.3 is 5.97 Å². The number of carbonyl (C=O) groups excluding carboxylic acids is 1. The number of nitrogens with zero attached hydrogens (tertiary/aromatic N) is 1. The molecule has 4 saturated carbocycles. The molecule has 7 heteroatoms. The molecule has 0 spiro atoms. The summed E-state index contributed by atoms with van der Waals surface area (Å²) in [6.45, 7) is 3.84. The van der Waals surface area contributed by atoms with Crippen LogP contribution in [0.15, 0.2) is 9.81 Å². The van der Waals surface area contributed by atoms with Crippen LogP contribution in [0.4, 0.5) is 0 Å². The average Bonchev–Trinajstić information content (AvgIpc) is 3.76. The lowest BCUT2D eigenvalue weighted by molar-refractivity contribution is -0.145. The molecule has 0 aromatic rings. The summed E-state index contributed by atoms with van der Waals surface area (Å²) >= 11 is 3.53. The van der Waals surface area contributed by atoms with E-state index in [2.05, 4.69) is 13.0 Å². The highest BCUT2D eigenvalue weighted by Gasteiger charge is 2.39. The minimum absolute atomic E-state index is 0.0140. The number of ether oxygens (including phenoxy) is 3. The number of thioether (sulfide) groups is 2. The van der Waals surface area contributed by atoms with Crippen LogP contribution in [0.1, 0.15) is 122 Å². The first-order valence-electron chi connectivity index (χ1n) is 18.0. The summed E-state index contributed by atoms with van der Waals surface area (Å²) in [5, 5.41) is 10.5. The molecule has 6 aliphatic rings. The van der Waals surface area contributed by atoms with Crippen molar-refractivity contribution >= 4 is 29.5 Å². The Hall–Kier alpha value is -0.680. The summed E-state index contributed by atoms with van der Waals surface area (Å²) in [6.07, 6.45) is 23.1. The third kappa shape index (κ3) is 8.19. The zero-order chi connectivity index (χ0) is 29.6. The Morgan fingerprint density at radius 3 is 1.84 bits per heavy atom. The summed E-state index contributed by atoms with van der Waals surface area (Å²) < 4.78 is 18.5. The van der Waals surface area contributed by atoms with Gasteiger partial charge in [-0.2, -0.15) is 5.26 Å². The SMILES string of the molecule is CCCC1CCC(C2CCC(OC(=O)/C(C#N)=C3/SCC(C4CCC(C5CCC(C6OCCO6)CC5)CC4)S3)CC2)CC1. The lowest BCUT2D eigenvalue weighted by Gasteiger charge is -2.39. The van der Waals surface area contributed by atoms with Gasteiger partial charge in [-0.1, -0.05) is 32.6 Å². The molecule has 4 aliphatic carbocycles. The van der Waals surface area contributed by atoms with Crippen LogP contribution in [0.5, 0.6) is 0 Å². The molecule has 240 valence electrons. The van der Waals surface area contributed by atoms with E-state index in [9.17, 15) is 10.1 Å². The molecule has 0 aromatic heterocycles. The van der Waals surface area contributed by atoms with Crippen molar-refractivity contribution in [2.45, 2.75) is 140 Å². The van der Waals surface area contributed by atoms with E-state index in [1.54, 1.807) is 23.5 Å². The third-order valence-corrected chi connectivity index (χ3v) is 15.4. The highest BCUT2D eigenvalue weighted by Crippen LogP contribution is 2.51. The number of carbonyl (C=O) groups is 1. The maximum absolute atomic E-state index is 13.2. The van der Waals surface area contributed by atoms with Gasteiger partial charge in [-0.15, -0.1) is 23.5 Å². The number of esters is 1. The van der Waals surface area contributed by atoms with Crippen LogP contribution in [0.25, 0.3) is 0 Å². The van der Waals surface area contributed by atoms with E-state index in [0.717, 1.165) is 65.6 Å². The van der Waals surface area contributed by atoms with Crippen LogP contribution < -0.4 is 0 Å². The first kappa shape index (κ1) is 32.3.